The zero-order valence-corrected chi connectivity index (χ0v) is 18.3. The number of thiazole rings is 1. The molecule has 2 heterocycles. The SMILES string of the molecule is C=CCN(C(=O)CCS(=O)(=O)c1ccc2c(c1)OCCO2)c1nc2c(s1)CCCC2. The molecule has 2 aliphatic rings. The number of ether oxygens (including phenoxy) is 2. The number of aryl methyl sites for hydroxylation is 2. The van der Waals surface area contributed by atoms with Gasteiger partial charge in [0, 0.05) is 23.9 Å². The number of sulfone groups is 1. The second-order valence-corrected chi connectivity index (χ2v) is 10.4. The highest BCUT2D eigenvalue weighted by molar-refractivity contribution is 7.91. The summed E-state index contributed by atoms with van der Waals surface area (Å²) in [6.45, 7) is 4.84. The fourth-order valence-corrected chi connectivity index (χ4v) is 5.98. The molecule has 0 unspecified atom stereocenters. The van der Waals surface area contributed by atoms with Gasteiger partial charge in [-0.1, -0.05) is 6.08 Å². The predicted molar refractivity (Wildman–Crippen MR) is 115 cm³/mol. The summed E-state index contributed by atoms with van der Waals surface area (Å²) in [5.41, 5.74) is 1.06. The van der Waals surface area contributed by atoms with Crippen molar-refractivity contribution in [2.45, 2.75) is 37.0 Å². The Bertz CT molecular complexity index is 1040. The first-order valence-corrected chi connectivity index (χ1v) is 12.5. The molecule has 7 nitrogen and oxygen atoms in total. The van der Waals surface area contributed by atoms with E-state index in [1.165, 1.54) is 33.2 Å². The normalized spacial score (nSPS) is 15.3. The molecule has 0 N–H and O–H groups in total. The topological polar surface area (TPSA) is 85.8 Å². The van der Waals surface area contributed by atoms with E-state index in [4.69, 9.17) is 9.47 Å². The number of carbonyl (C=O) groups excluding carboxylic acids is 1. The number of rotatable bonds is 7. The van der Waals surface area contributed by atoms with E-state index in [1.54, 1.807) is 12.1 Å². The lowest BCUT2D eigenvalue weighted by molar-refractivity contribution is -0.118. The van der Waals surface area contributed by atoms with Crippen LogP contribution in [0.4, 0.5) is 5.13 Å². The summed E-state index contributed by atoms with van der Waals surface area (Å²) in [5, 5.41) is 0.628. The van der Waals surface area contributed by atoms with Crippen molar-refractivity contribution in [2.24, 2.45) is 0 Å². The minimum absolute atomic E-state index is 0.125. The third-order valence-corrected chi connectivity index (χ3v) is 8.03. The smallest absolute Gasteiger partial charge is 0.230 e. The van der Waals surface area contributed by atoms with Gasteiger partial charge in [-0.15, -0.1) is 17.9 Å². The Morgan fingerprint density at radius 2 is 1.97 bits per heavy atom. The number of amides is 1. The fourth-order valence-electron chi connectivity index (χ4n) is 3.56. The Kier molecular flexibility index (Phi) is 6.10. The van der Waals surface area contributed by atoms with E-state index >= 15 is 0 Å². The quantitative estimate of drug-likeness (QED) is 0.605. The number of benzene rings is 1. The molecular weight excluding hydrogens is 424 g/mol. The summed E-state index contributed by atoms with van der Waals surface area (Å²) < 4.78 is 36.5. The number of hydrogen-bond donors (Lipinski definition) is 0. The zero-order chi connectivity index (χ0) is 21.1. The maximum absolute atomic E-state index is 12.9. The van der Waals surface area contributed by atoms with Gasteiger partial charge in [-0.25, -0.2) is 13.4 Å². The van der Waals surface area contributed by atoms with E-state index in [1.807, 2.05) is 0 Å². The first-order chi connectivity index (χ1) is 14.5. The van der Waals surface area contributed by atoms with Gasteiger partial charge in [0.25, 0.3) is 0 Å². The molecular formula is C21H24N2O5S2. The average molecular weight is 449 g/mol. The van der Waals surface area contributed by atoms with E-state index in [0.717, 1.165) is 31.4 Å². The number of hydrogen-bond acceptors (Lipinski definition) is 7. The van der Waals surface area contributed by atoms with Gasteiger partial charge < -0.3 is 9.47 Å². The number of anilines is 1. The Morgan fingerprint density at radius 1 is 1.20 bits per heavy atom. The van der Waals surface area contributed by atoms with Gasteiger partial charge in [-0.2, -0.15) is 0 Å². The van der Waals surface area contributed by atoms with Crippen molar-refractivity contribution in [3.63, 3.8) is 0 Å². The van der Waals surface area contributed by atoms with Crippen LogP contribution in [0.2, 0.25) is 0 Å². The van der Waals surface area contributed by atoms with Crippen LogP contribution < -0.4 is 14.4 Å². The summed E-state index contributed by atoms with van der Waals surface area (Å²) >= 11 is 1.52. The Morgan fingerprint density at radius 3 is 2.73 bits per heavy atom. The number of carbonyl (C=O) groups is 1. The molecule has 0 bridgehead atoms. The van der Waals surface area contributed by atoms with Crippen LogP contribution in [0.1, 0.15) is 29.8 Å². The molecule has 30 heavy (non-hydrogen) atoms. The minimum Gasteiger partial charge on any atom is -0.486 e. The van der Waals surface area contributed by atoms with E-state index in [9.17, 15) is 13.2 Å². The van der Waals surface area contributed by atoms with Crippen molar-refractivity contribution >= 4 is 32.2 Å². The van der Waals surface area contributed by atoms with Crippen LogP contribution in [0.5, 0.6) is 11.5 Å². The van der Waals surface area contributed by atoms with Crippen LogP contribution in [0.15, 0.2) is 35.7 Å². The standard InChI is InChI=1S/C21H24N2O5S2/c1-2-10-23(21-22-16-5-3-4-6-19(16)29-21)20(24)9-13-30(25,26)15-7-8-17-18(14-15)28-12-11-27-17/h2,7-8,14H,1,3-6,9-13H2. The minimum atomic E-state index is -3.65. The number of fused-ring (bicyclic) bond motifs is 2. The van der Waals surface area contributed by atoms with Gasteiger partial charge in [0.1, 0.15) is 13.2 Å². The lowest BCUT2D eigenvalue weighted by atomic mass is 10.0. The third-order valence-electron chi connectivity index (χ3n) is 5.14. The molecule has 0 atom stereocenters. The van der Waals surface area contributed by atoms with E-state index in [-0.39, 0.29) is 23.0 Å². The van der Waals surface area contributed by atoms with Crippen LogP contribution in [0.25, 0.3) is 0 Å². The molecule has 1 aromatic heterocycles. The predicted octanol–water partition coefficient (Wildman–Crippen LogP) is 3.18. The molecule has 4 rings (SSSR count). The molecule has 1 aliphatic heterocycles. The lowest BCUT2D eigenvalue weighted by Crippen LogP contribution is -2.32. The van der Waals surface area contributed by atoms with Crippen molar-refractivity contribution in [1.29, 1.82) is 0 Å². The Hall–Kier alpha value is -2.39. The van der Waals surface area contributed by atoms with Crippen molar-refractivity contribution in [2.75, 3.05) is 30.4 Å². The van der Waals surface area contributed by atoms with Gasteiger partial charge in [0.2, 0.25) is 5.91 Å². The van der Waals surface area contributed by atoms with Gasteiger partial charge in [0.15, 0.2) is 26.5 Å². The molecule has 0 saturated heterocycles. The highest BCUT2D eigenvalue weighted by Gasteiger charge is 2.25. The molecule has 1 aromatic carbocycles. The zero-order valence-electron chi connectivity index (χ0n) is 16.6. The van der Waals surface area contributed by atoms with Crippen LogP contribution >= 0.6 is 11.3 Å². The number of nitrogens with zero attached hydrogens (tertiary/aromatic N) is 2. The van der Waals surface area contributed by atoms with Gasteiger partial charge >= 0.3 is 0 Å². The molecule has 160 valence electrons. The maximum atomic E-state index is 12.9. The first kappa shape index (κ1) is 20.9. The highest BCUT2D eigenvalue weighted by atomic mass is 32.2. The molecule has 9 heteroatoms. The van der Waals surface area contributed by atoms with Gasteiger partial charge in [-0.05, 0) is 37.8 Å². The van der Waals surface area contributed by atoms with E-state index in [0.29, 0.717) is 36.4 Å². The molecule has 0 radical (unpaired) electrons. The molecule has 2 aromatic rings. The van der Waals surface area contributed by atoms with Crippen molar-refractivity contribution in [1.82, 2.24) is 4.98 Å². The Labute approximate surface area is 180 Å². The first-order valence-electron chi connectivity index (χ1n) is 10.00. The molecule has 0 saturated carbocycles. The van der Waals surface area contributed by atoms with Crippen LogP contribution in [-0.2, 0) is 27.5 Å². The highest BCUT2D eigenvalue weighted by Crippen LogP contribution is 2.34. The van der Waals surface area contributed by atoms with Gasteiger partial charge in [0.05, 0.1) is 16.3 Å². The summed E-state index contributed by atoms with van der Waals surface area (Å²) in [6.07, 6.45) is 5.67. The summed E-state index contributed by atoms with van der Waals surface area (Å²) in [4.78, 5) is 20.4. The van der Waals surface area contributed by atoms with Crippen LogP contribution in [0.3, 0.4) is 0 Å². The van der Waals surface area contributed by atoms with Crippen LogP contribution in [0, 0.1) is 0 Å². The fraction of sp³-hybridized carbons (Fsp3) is 0.429. The van der Waals surface area contributed by atoms with E-state index < -0.39 is 9.84 Å². The van der Waals surface area contributed by atoms with Crippen molar-refractivity contribution in [3.05, 3.63) is 41.4 Å². The second kappa shape index (κ2) is 8.77. The molecule has 0 spiro atoms. The average Bonchev–Trinajstić information content (AvgIpc) is 3.19. The second-order valence-electron chi connectivity index (χ2n) is 7.24. The summed E-state index contributed by atoms with van der Waals surface area (Å²) in [6, 6.07) is 4.54. The monoisotopic (exact) mass is 448 g/mol. The van der Waals surface area contributed by atoms with Crippen LogP contribution in [-0.4, -0.2) is 44.8 Å². The number of aromatic nitrogens is 1. The van der Waals surface area contributed by atoms with Gasteiger partial charge in [-0.3, -0.25) is 9.69 Å². The maximum Gasteiger partial charge on any atom is 0.230 e. The molecule has 1 aliphatic carbocycles. The summed E-state index contributed by atoms with van der Waals surface area (Å²) in [7, 11) is -3.65. The molecule has 1 amide bonds. The van der Waals surface area contributed by atoms with Crippen molar-refractivity contribution < 1.29 is 22.7 Å². The Balaban J connectivity index is 1.47. The lowest BCUT2D eigenvalue weighted by Gasteiger charge is -2.19. The van der Waals surface area contributed by atoms with E-state index in [2.05, 4.69) is 11.6 Å². The molecule has 0 fully saturated rings. The summed E-state index contributed by atoms with van der Waals surface area (Å²) in [5.74, 6) is 0.378. The third kappa shape index (κ3) is 4.37. The van der Waals surface area contributed by atoms with Crippen molar-refractivity contribution in [3.8, 4) is 11.5 Å². The largest absolute Gasteiger partial charge is 0.486 e.